The summed E-state index contributed by atoms with van der Waals surface area (Å²) in [6.07, 6.45) is 2.24. The number of esters is 1. The molecule has 0 bridgehead atoms. The lowest BCUT2D eigenvalue weighted by Crippen LogP contribution is -2.16. The lowest BCUT2D eigenvalue weighted by atomic mass is 10.3. The molecule has 1 rings (SSSR count). The van der Waals surface area contributed by atoms with Gasteiger partial charge in [-0.05, 0) is 18.4 Å². The largest absolute Gasteiger partial charge is 0.459 e. The molecule has 0 amide bonds. The van der Waals surface area contributed by atoms with Crippen LogP contribution >= 0.6 is 11.8 Å². The Morgan fingerprint density at radius 1 is 1.43 bits per heavy atom. The molecule has 0 saturated carbocycles. The lowest BCUT2D eigenvalue weighted by molar-refractivity contribution is -0.384. The third kappa shape index (κ3) is 6.26. The predicted octanol–water partition coefficient (Wildman–Crippen LogP) is 2.68. The van der Waals surface area contributed by atoms with E-state index in [1.54, 1.807) is 30.8 Å². The highest BCUT2D eigenvalue weighted by molar-refractivity contribution is 7.99. The first-order chi connectivity index (χ1) is 10.1. The number of nitro groups is 1. The SMILES string of the molecule is CCC(=O)OC/C(CSC)=N\Nc1ccc([N+](=O)[O-])cc1. The van der Waals surface area contributed by atoms with Crippen LogP contribution in [0.3, 0.4) is 0 Å². The monoisotopic (exact) mass is 311 g/mol. The quantitative estimate of drug-likeness (QED) is 0.343. The van der Waals surface area contributed by atoms with Crippen LogP contribution in [-0.4, -0.2) is 35.2 Å². The Bertz CT molecular complexity index is 517. The highest BCUT2D eigenvalue weighted by Crippen LogP contribution is 2.15. The molecule has 0 heterocycles. The molecule has 114 valence electrons. The second kappa shape index (κ2) is 8.96. The molecule has 0 fully saturated rings. The van der Waals surface area contributed by atoms with Gasteiger partial charge in [0, 0.05) is 24.3 Å². The van der Waals surface area contributed by atoms with E-state index in [4.69, 9.17) is 4.74 Å². The van der Waals surface area contributed by atoms with Crippen molar-refractivity contribution >= 4 is 34.8 Å². The average molecular weight is 311 g/mol. The molecule has 21 heavy (non-hydrogen) atoms. The van der Waals surface area contributed by atoms with Gasteiger partial charge in [-0.3, -0.25) is 20.3 Å². The van der Waals surface area contributed by atoms with Crippen molar-refractivity contribution in [3.8, 4) is 0 Å². The normalized spacial score (nSPS) is 11.0. The van der Waals surface area contributed by atoms with Crippen molar-refractivity contribution in [2.45, 2.75) is 13.3 Å². The Morgan fingerprint density at radius 2 is 2.10 bits per heavy atom. The number of nitrogens with zero attached hydrogens (tertiary/aromatic N) is 2. The first kappa shape index (κ1) is 17.0. The van der Waals surface area contributed by atoms with Crippen molar-refractivity contribution in [1.82, 2.24) is 0 Å². The molecule has 1 aromatic rings. The fraction of sp³-hybridized carbons (Fsp3) is 0.385. The third-order valence-corrected chi connectivity index (χ3v) is 3.04. The number of nitro benzene ring substituents is 1. The van der Waals surface area contributed by atoms with Gasteiger partial charge in [-0.2, -0.15) is 16.9 Å². The highest BCUT2D eigenvalue weighted by atomic mass is 32.2. The minimum absolute atomic E-state index is 0.0192. The summed E-state index contributed by atoms with van der Waals surface area (Å²) >= 11 is 1.56. The van der Waals surface area contributed by atoms with Gasteiger partial charge in [0.1, 0.15) is 6.61 Å². The fourth-order valence-electron chi connectivity index (χ4n) is 1.34. The summed E-state index contributed by atoms with van der Waals surface area (Å²) < 4.78 is 5.03. The summed E-state index contributed by atoms with van der Waals surface area (Å²) in [5, 5.41) is 14.7. The molecule has 0 aliphatic carbocycles. The summed E-state index contributed by atoms with van der Waals surface area (Å²) in [5.74, 6) is 0.343. The number of carbonyl (C=O) groups excluding carboxylic acids is 1. The minimum Gasteiger partial charge on any atom is -0.459 e. The van der Waals surface area contributed by atoms with Gasteiger partial charge in [-0.1, -0.05) is 6.92 Å². The topological polar surface area (TPSA) is 93.8 Å². The maximum absolute atomic E-state index is 11.1. The Morgan fingerprint density at radius 3 is 2.62 bits per heavy atom. The molecule has 0 atom stereocenters. The van der Waals surface area contributed by atoms with Crippen molar-refractivity contribution in [3.63, 3.8) is 0 Å². The molecule has 1 N–H and O–H groups in total. The smallest absolute Gasteiger partial charge is 0.305 e. The fourth-order valence-corrected chi connectivity index (χ4v) is 1.82. The number of hydrogen-bond donors (Lipinski definition) is 1. The van der Waals surface area contributed by atoms with Crippen LogP contribution in [0.5, 0.6) is 0 Å². The predicted molar refractivity (Wildman–Crippen MR) is 83.8 cm³/mol. The molecule has 7 nitrogen and oxygen atoms in total. The number of rotatable bonds is 8. The molecule has 8 heteroatoms. The zero-order valence-corrected chi connectivity index (χ0v) is 12.7. The average Bonchev–Trinajstić information content (AvgIpc) is 2.50. The number of nitrogens with one attached hydrogen (secondary N) is 1. The summed E-state index contributed by atoms with van der Waals surface area (Å²) in [6, 6.07) is 5.92. The van der Waals surface area contributed by atoms with Crippen LogP contribution < -0.4 is 5.43 Å². The van der Waals surface area contributed by atoms with Crippen LogP contribution in [0, 0.1) is 10.1 Å². The van der Waals surface area contributed by atoms with Crippen LogP contribution in [0.4, 0.5) is 11.4 Å². The number of ether oxygens (including phenoxy) is 1. The molecule has 0 aromatic heterocycles. The van der Waals surface area contributed by atoms with Crippen LogP contribution in [0.25, 0.3) is 0 Å². The molecule has 0 unspecified atom stereocenters. The first-order valence-corrected chi connectivity index (χ1v) is 7.66. The van der Waals surface area contributed by atoms with Crippen molar-refractivity contribution in [1.29, 1.82) is 0 Å². The van der Waals surface area contributed by atoms with Crippen molar-refractivity contribution < 1.29 is 14.5 Å². The highest BCUT2D eigenvalue weighted by Gasteiger charge is 2.05. The molecular formula is C13H17N3O4S. The number of benzene rings is 1. The number of hydrogen-bond acceptors (Lipinski definition) is 7. The Hall–Kier alpha value is -2.09. The van der Waals surface area contributed by atoms with Gasteiger partial charge >= 0.3 is 5.97 Å². The molecule has 1 aromatic carbocycles. The van der Waals surface area contributed by atoms with E-state index in [1.165, 1.54) is 12.1 Å². The van der Waals surface area contributed by atoms with Crippen molar-refractivity contribution in [2.24, 2.45) is 5.10 Å². The molecule has 0 saturated heterocycles. The van der Waals surface area contributed by atoms with Gasteiger partial charge in [0.25, 0.3) is 5.69 Å². The van der Waals surface area contributed by atoms with Crippen LogP contribution in [0.1, 0.15) is 13.3 Å². The first-order valence-electron chi connectivity index (χ1n) is 6.27. The summed E-state index contributed by atoms with van der Waals surface area (Å²) in [4.78, 5) is 21.2. The Balaban J connectivity index is 2.64. The van der Waals surface area contributed by atoms with E-state index in [-0.39, 0.29) is 18.3 Å². The number of non-ortho nitro benzene ring substituents is 1. The van der Waals surface area contributed by atoms with Gasteiger partial charge in [-0.15, -0.1) is 0 Å². The number of thioether (sulfide) groups is 1. The van der Waals surface area contributed by atoms with E-state index in [2.05, 4.69) is 10.5 Å². The minimum atomic E-state index is -0.462. The number of carbonyl (C=O) groups is 1. The molecule has 0 radical (unpaired) electrons. The summed E-state index contributed by atoms with van der Waals surface area (Å²) in [5.41, 5.74) is 4.13. The van der Waals surface area contributed by atoms with Gasteiger partial charge in [-0.25, -0.2) is 0 Å². The van der Waals surface area contributed by atoms with E-state index in [9.17, 15) is 14.9 Å². The molecule has 0 spiro atoms. The maximum atomic E-state index is 11.1. The van der Waals surface area contributed by atoms with Crippen molar-refractivity contribution in [3.05, 3.63) is 34.4 Å². The van der Waals surface area contributed by atoms with E-state index >= 15 is 0 Å². The standard InChI is InChI=1S/C13H17N3O4S/c1-3-13(17)20-8-11(9-21-2)15-14-10-4-6-12(7-5-10)16(18)19/h4-7,14H,3,8-9H2,1-2H3/b15-11+. The second-order valence-electron chi connectivity index (χ2n) is 4.04. The van der Waals surface area contributed by atoms with E-state index in [0.717, 1.165) is 0 Å². The summed E-state index contributed by atoms with van der Waals surface area (Å²) in [7, 11) is 0. The maximum Gasteiger partial charge on any atom is 0.305 e. The van der Waals surface area contributed by atoms with Gasteiger partial charge in [0.15, 0.2) is 0 Å². The van der Waals surface area contributed by atoms with Crippen molar-refractivity contribution in [2.75, 3.05) is 24.0 Å². The zero-order chi connectivity index (χ0) is 15.7. The van der Waals surface area contributed by atoms with Crippen LogP contribution in [0.15, 0.2) is 29.4 Å². The number of anilines is 1. The van der Waals surface area contributed by atoms with E-state index < -0.39 is 4.92 Å². The van der Waals surface area contributed by atoms with Gasteiger partial charge < -0.3 is 4.74 Å². The third-order valence-electron chi connectivity index (χ3n) is 2.42. The lowest BCUT2D eigenvalue weighted by Gasteiger charge is -2.07. The van der Waals surface area contributed by atoms with Gasteiger partial charge in [0.05, 0.1) is 16.3 Å². The molecular weight excluding hydrogens is 294 g/mol. The zero-order valence-electron chi connectivity index (χ0n) is 11.9. The Labute approximate surface area is 126 Å². The molecule has 0 aliphatic heterocycles. The van der Waals surface area contributed by atoms with E-state index in [0.29, 0.717) is 23.6 Å². The number of hydrazone groups is 1. The van der Waals surface area contributed by atoms with E-state index in [1.807, 2.05) is 6.26 Å². The van der Waals surface area contributed by atoms with Crippen LogP contribution in [-0.2, 0) is 9.53 Å². The second-order valence-corrected chi connectivity index (χ2v) is 4.91. The van der Waals surface area contributed by atoms with Gasteiger partial charge in [0.2, 0.25) is 0 Å². The molecule has 0 aliphatic rings. The summed E-state index contributed by atoms with van der Waals surface area (Å²) in [6.45, 7) is 1.86. The Kier molecular flexibility index (Phi) is 7.24. The van der Waals surface area contributed by atoms with Crippen LogP contribution in [0.2, 0.25) is 0 Å².